The largest absolute Gasteiger partial charge is 0.438 e. The Kier molecular flexibility index (Phi) is 5.11. The molecule has 3 aromatic rings. The number of ether oxygens (including phenoxy) is 1. The summed E-state index contributed by atoms with van der Waals surface area (Å²) in [5.74, 6) is -3.86. The SMILES string of the molecule is O=Cc1ccc(N2CCN(Cc3ccc4c5c(c(=O)[nH]c4c3F)CC(O)(O)O5)CC2)c(F)n1. The molecule has 0 amide bonds. The maximum Gasteiger partial charge on any atom is 0.326 e. The number of pyridine rings is 2. The maximum absolute atomic E-state index is 15.3. The van der Waals surface area contributed by atoms with Gasteiger partial charge < -0.3 is 24.8 Å². The van der Waals surface area contributed by atoms with E-state index in [9.17, 15) is 24.2 Å². The number of piperazine rings is 1. The molecule has 2 aliphatic heterocycles. The summed E-state index contributed by atoms with van der Waals surface area (Å²) in [5.41, 5.74) is 0.0526. The van der Waals surface area contributed by atoms with Gasteiger partial charge in [0.15, 0.2) is 12.1 Å². The number of aromatic amines is 1. The summed E-state index contributed by atoms with van der Waals surface area (Å²) >= 11 is 0. The van der Waals surface area contributed by atoms with Crippen molar-refractivity contribution < 1.29 is 28.5 Å². The van der Waals surface area contributed by atoms with Gasteiger partial charge in [0.25, 0.3) is 5.56 Å². The van der Waals surface area contributed by atoms with Crippen LogP contribution in [0.5, 0.6) is 5.75 Å². The van der Waals surface area contributed by atoms with E-state index >= 15 is 4.39 Å². The summed E-state index contributed by atoms with van der Waals surface area (Å²) in [6, 6.07) is 6.13. The van der Waals surface area contributed by atoms with Crippen molar-refractivity contribution in [3.8, 4) is 5.75 Å². The van der Waals surface area contributed by atoms with Gasteiger partial charge in [-0.15, -0.1) is 0 Å². The number of rotatable bonds is 4. The zero-order chi connectivity index (χ0) is 23.3. The number of nitrogens with zero attached hydrogens (tertiary/aromatic N) is 3. The van der Waals surface area contributed by atoms with Crippen molar-refractivity contribution in [1.29, 1.82) is 0 Å². The number of hydrogen-bond acceptors (Lipinski definition) is 8. The maximum atomic E-state index is 15.3. The average Bonchev–Trinajstić information content (AvgIpc) is 3.13. The normalized spacial score (nSPS) is 17.8. The highest BCUT2D eigenvalue weighted by Gasteiger charge is 2.39. The van der Waals surface area contributed by atoms with Crippen LogP contribution in [0.3, 0.4) is 0 Å². The second-order valence-corrected chi connectivity index (χ2v) is 8.17. The second-order valence-electron chi connectivity index (χ2n) is 8.17. The van der Waals surface area contributed by atoms with Crippen LogP contribution < -0.4 is 15.2 Å². The monoisotopic (exact) mass is 458 g/mol. The minimum Gasteiger partial charge on any atom is -0.438 e. The summed E-state index contributed by atoms with van der Waals surface area (Å²) in [7, 11) is 0. The lowest BCUT2D eigenvalue weighted by molar-refractivity contribution is -0.278. The molecule has 11 heteroatoms. The molecule has 1 aromatic carbocycles. The molecular formula is C22H20F2N4O5. The van der Waals surface area contributed by atoms with Crippen molar-refractivity contribution in [2.75, 3.05) is 31.1 Å². The van der Waals surface area contributed by atoms with Gasteiger partial charge in [0.2, 0.25) is 5.95 Å². The van der Waals surface area contributed by atoms with E-state index in [1.807, 2.05) is 9.80 Å². The van der Waals surface area contributed by atoms with Crippen LogP contribution >= 0.6 is 0 Å². The first kappa shape index (κ1) is 21.4. The Hall–Kier alpha value is -3.41. The number of aromatic nitrogens is 2. The molecule has 5 rings (SSSR count). The van der Waals surface area contributed by atoms with Crippen LogP contribution in [0.15, 0.2) is 29.1 Å². The van der Waals surface area contributed by atoms with Crippen LogP contribution in [0.1, 0.15) is 21.6 Å². The zero-order valence-corrected chi connectivity index (χ0v) is 17.3. The number of aliphatic hydroxyl groups is 2. The first-order valence-corrected chi connectivity index (χ1v) is 10.3. The lowest BCUT2D eigenvalue weighted by Crippen LogP contribution is -2.46. The third kappa shape index (κ3) is 3.84. The van der Waals surface area contributed by atoms with Gasteiger partial charge >= 0.3 is 5.97 Å². The number of benzene rings is 1. The van der Waals surface area contributed by atoms with Gasteiger partial charge in [0.1, 0.15) is 11.4 Å². The molecule has 2 aliphatic rings. The van der Waals surface area contributed by atoms with Gasteiger partial charge in [-0.2, -0.15) is 4.39 Å². The average molecular weight is 458 g/mol. The Balaban J connectivity index is 1.34. The molecular weight excluding hydrogens is 438 g/mol. The van der Waals surface area contributed by atoms with Gasteiger partial charge in [0.05, 0.1) is 23.2 Å². The van der Waals surface area contributed by atoms with E-state index in [1.165, 1.54) is 12.1 Å². The van der Waals surface area contributed by atoms with Crippen molar-refractivity contribution in [2.24, 2.45) is 0 Å². The van der Waals surface area contributed by atoms with Crippen LogP contribution in [0.2, 0.25) is 0 Å². The third-order valence-corrected chi connectivity index (χ3v) is 6.00. The van der Waals surface area contributed by atoms with Crippen LogP contribution in [0, 0.1) is 11.8 Å². The smallest absolute Gasteiger partial charge is 0.326 e. The second kappa shape index (κ2) is 7.87. The van der Waals surface area contributed by atoms with Crippen molar-refractivity contribution >= 4 is 22.9 Å². The number of H-pyrrole nitrogens is 1. The van der Waals surface area contributed by atoms with E-state index in [0.29, 0.717) is 43.7 Å². The Morgan fingerprint density at radius 1 is 1.15 bits per heavy atom. The molecule has 172 valence electrons. The number of aldehydes is 1. The van der Waals surface area contributed by atoms with E-state index in [1.54, 1.807) is 12.1 Å². The Morgan fingerprint density at radius 2 is 1.91 bits per heavy atom. The Bertz CT molecular complexity index is 1320. The number of carbonyl (C=O) groups is 1. The first-order valence-electron chi connectivity index (χ1n) is 10.3. The van der Waals surface area contributed by atoms with Crippen LogP contribution in [0.25, 0.3) is 10.9 Å². The van der Waals surface area contributed by atoms with Crippen molar-refractivity contribution in [1.82, 2.24) is 14.9 Å². The molecule has 33 heavy (non-hydrogen) atoms. The van der Waals surface area contributed by atoms with E-state index in [-0.39, 0.29) is 34.5 Å². The van der Waals surface area contributed by atoms with E-state index in [4.69, 9.17) is 4.74 Å². The van der Waals surface area contributed by atoms with E-state index < -0.39 is 29.7 Å². The molecule has 0 aliphatic carbocycles. The highest BCUT2D eigenvalue weighted by molar-refractivity contribution is 5.87. The summed E-state index contributed by atoms with van der Waals surface area (Å²) in [6.45, 7) is 2.31. The standard InChI is InChI=1S/C22H20F2N4O5/c23-17-12(1-3-14-18(17)26-21(30)15-9-22(31,32)33-19(14)15)10-27-5-7-28(8-6-27)16-4-2-13(11-29)25-20(16)24/h1-4,11,31-32H,5-10H2,(H,26,30). The lowest BCUT2D eigenvalue weighted by Gasteiger charge is -2.36. The molecule has 1 fully saturated rings. The molecule has 9 nitrogen and oxygen atoms in total. The zero-order valence-electron chi connectivity index (χ0n) is 17.3. The summed E-state index contributed by atoms with van der Waals surface area (Å²) in [4.78, 5) is 33.0. The molecule has 0 unspecified atom stereocenters. The predicted octanol–water partition coefficient (Wildman–Crippen LogP) is 0.909. The first-order chi connectivity index (χ1) is 15.8. The van der Waals surface area contributed by atoms with Crippen molar-refractivity contribution in [3.05, 3.63) is 63.2 Å². The van der Waals surface area contributed by atoms with Gasteiger partial charge in [0, 0.05) is 43.7 Å². The third-order valence-electron chi connectivity index (χ3n) is 6.00. The van der Waals surface area contributed by atoms with Gasteiger partial charge in [-0.25, -0.2) is 9.37 Å². The van der Waals surface area contributed by atoms with Crippen molar-refractivity contribution in [3.63, 3.8) is 0 Å². The Morgan fingerprint density at radius 3 is 2.61 bits per heavy atom. The van der Waals surface area contributed by atoms with Crippen molar-refractivity contribution in [2.45, 2.75) is 18.9 Å². The minimum atomic E-state index is -2.50. The molecule has 0 saturated carbocycles. The van der Waals surface area contributed by atoms with Gasteiger partial charge in [-0.1, -0.05) is 6.07 Å². The fourth-order valence-electron chi connectivity index (χ4n) is 4.34. The highest BCUT2D eigenvalue weighted by Crippen LogP contribution is 2.37. The number of halogens is 2. The molecule has 0 radical (unpaired) electrons. The highest BCUT2D eigenvalue weighted by atomic mass is 19.1. The van der Waals surface area contributed by atoms with E-state index in [0.717, 1.165) is 0 Å². The molecule has 0 spiro atoms. The van der Waals surface area contributed by atoms with Crippen LogP contribution in [-0.4, -0.2) is 63.5 Å². The quantitative estimate of drug-likeness (QED) is 0.300. The van der Waals surface area contributed by atoms with Crippen LogP contribution in [-0.2, 0) is 13.0 Å². The van der Waals surface area contributed by atoms with Crippen LogP contribution in [0.4, 0.5) is 14.5 Å². The number of anilines is 1. The number of carbonyl (C=O) groups excluding carboxylic acids is 1. The predicted molar refractivity (Wildman–Crippen MR) is 113 cm³/mol. The number of hydrogen-bond donors (Lipinski definition) is 3. The van der Waals surface area contributed by atoms with E-state index in [2.05, 4.69) is 9.97 Å². The number of fused-ring (bicyclic) bond motifs is 3. The molecule has 0 bridgehead atoms. The summed E-state index contributed by atoms with van der Waals surface area (Å²) in [6.07, 6.45) is 0.0791. The summed E-state index contributed by atoms with van der Waals surface area (Å²) in [5, 5.41) is 19.7. The molecule has 3 N–H and O–H groups in total. The topological polar surface area (TPSA) is 119 Å². The Labute approximate surface area is 185 Å². The van der Waals surface area contributed by atoms with Gasteiger partial charge in [-0.05, 0) is 18.2 Å². The minimum absolute atomic E-state index is 0.0272. The fourth-order valence-corrected chi connectivity index (χ4v) is 4.34. The number of nitrogens with one attached hydrogen (secondary N) is 1. The lowest BCUT2D eigenvalue weighted by atomic mass is 10.1. The van der Waals surface area contributed by atoms with Gasteiger partial charge in [-0.3, -0.25) is 14.5 Å². The molecule has 0 atom stereocenters. The molecule has 4 heterocycles. The molecule has 1 saturated heterocycles. The summed E-state index contributed by atoms with van der Waals surface area (Å²) < 4.78 is 34.5. The molecule has 2 aromatic heterocycles. The fraction of sp³-hybridized carbons (Fsp3) is 0.318.